The minimum atomic E-state index is -0.254. The molecule has 0 aliphatic rings. The van der Waals surface area contributed by atoms with Gasteiger partial charge in [0.1, 0.15) is 0 Å². The molecule has 0 aliphatic carbocycles. The molecular formula is C16H26FNO. The largest absolute Gasteiger partial charge is 0.494 e. The highest BCUT2D eigenvalue weighted by molar-refractivity contribution is 5.30. The molecule has 0 heterocycles. The van der Waals surface area contributed by atoms with Gasteiger partial charge in [-0.05, 0) is 19.4 Å². The first-order valence-electron chi connectivity index (χ1n) is 7.23. The van der Waals surface area contributed by atoms with Crippen LogP contribution in [0.2, 0.25) is 0 Å². The lowest BCUT2D eigenvalue weighted by Gasteiger charge is -2.14. The highest BCUT2D eigenvalue weighted by Crippen LogP contribution is 2.19. The quantitative estimate of drug-likeness (QED) is 0.674. The Kier molecular flexibility index (Phi) is 7.49. The van der Waals surface area contributed by atoms with E-state index in [9.17, 15) is 4.39 Å². The van der Waals surface area contributed by atoms with E-state index in [-0.39, 0.29) is 5.82 Å². The number of benzene rings is 1. The average Bonchev–Trinajstić information content (AvgIpc) is 2.42. The van der Waals surface area contributed by atoms with Crippen LogP contribution in [0.1, 0.15) is 51.5 Å². The van der Waals surface area contributed by atoms with E-state index in [0.29, 0.717) is 23.9 Å². The Morgan fingerprint density at radius 1 is 1.26 bits per heavy atom. The van der Waals surface area contributed by atoms with E-state index in [4.69, 9.17) is 4.74 Å². The third kappa shape index (κ3) is 5.60. The van der Waals surface area contributed by atoms with E-state index in [1.165, 1.54) is 32.8 Å². The van der Waals surface area contributed by atoms with Crippen LogP contribution in [0.3, 0.4) is 0 Å². The van der Waals surface area contributed by atoms with Crippen molar-refractivity contribution in [2.24, 2.45) is 0 Å². The Labute approximate surface area is 116 Å². The summed E-state index contributed by atoms with van der Waals surface area (Å²) in [5.41, 5.74) is 0.666. The number of unbranched alkanes of at least 4 members (excludes halogenated alkanes) is 3. The van der Waals surface area contributed by atoms with E-state index < -0.39 is 0 Å². The Morgan fingerprint density at radius 3 is 2.74 bits per heavy atom. The van der Waals surface area contributed by atoms with Gasteiger partial charge in [0.25, 0.3) is 0 Å². The number of methoxy groups -OCH3 is 1. The van der Waals surface area contributed by atoms with Crippen molar-refractivity contribution in [2.45, 2.75) is 58.5 Å². The van der Waals surface area contributed by atoms with Crippen molar-refractivity contribution in [1.29, 1.82) is 0 Å². The molecule has 2 nitrogen and oxygen atoms in total. The highest BCUT2D eigenvalue weighted by atomic mass is 19.1. The average molecular weight is 267 g/mol. The molecule has 0 saturated heterocycles. The molecule has 1 N–H and O–H groups in total. The number of halogens is 1. The third-order valence-corrected chi connectivity index (χ3v) is 3.39. The fraction of sp³-hybridized carbons (Fsp3) is 0.625. The molecule has 0 fully saturated rings. The summed E-state index contributed by atoms with van der Waals surface area (Å²) >= 11 is 0. The summed E-state index contributed by atoms with van der Waals surface area (Å²) in [5.74, 6) is 0.0607. The Morgan fingerprint density at radius 2 is 2.05 bits per heavy atom. The van der Waals surface area contributed by atoms with Crippen molar-refractivity contribution >= 4 is 0 Å². The fourth-order valence-electron chi connectivity index (χ4n) is 2.11. The van der Waals surface area contributed by atoms with E-state index >= 15 is 0 Å². The molecule has 0 aliphatic heterocycles. The van der Waals surface area contributed by atoms with Gasteiger partial charge in [0.05, 0.1) is 7.11 Å². The van der Waals surface area contributed by atoms with Gasteiger partial charge in [-0.2, -0.15) is 0 Å². The van der Waals surface area contributed by atoms with Crippen LogP contribution in [0.4, 0.5) is 4.39 Å². The van der Waals surface area contributed by atoms with Crippen molar-refractivity contribution in [3.8, 4) is 5.75 Å². The number of hydrogen-bond acceptors (Lipinski definition) is 2. The van der Waals surface area contributed by atoms with Crippen LogP contribution in [0.5, 0.6) is 5.75 Å². The van der Waals surface area contributed by atoms with Crippen molar-refractivity contribution < 1.29 is 9.13 Å². The molecule has 0 aromatic heterocycles. The maximum absolute atomic E-state index is 13.9. The molecule has 1 unspecified atom stereocenters. The molecule has 108 valence electrons. The first-order chi connectivity index (χ1) is 9.19. The van der Waals surface area contributed by atoms with Crippen LogP contribution in [-0.2, 0) is 6.54 Å². The predicted octanol–water partition coefficient (Wildman–Crippen LogP) is 4.28. The van der Waals surface area contributed by atoms with Crippen LogP contribution in [-0.4, -0.2) is 13.2 Å². The molecular weight excluding hydrogens is 241 g/mol. The van der Waals surface area contributed by atoms with Gasteiger partial charge in [-0.15, -0.1) is 0 Å². The molecule has 1 aromatic rings. The lowest BCUT2D eigenvalue weighted by molar-refractivity contribution is 0.382. The van der Waals surface area contributed by atoms with E-state index in [2.05, 4.69) is 19.2 Å². The molecule has 0 bridgehead atoms. The minimum Gasteiger partial charge on any atom is -0.494 e. The minimum absolute atomic E-state index is 0.254. The molecule has 1 rings (SSSR count). The maximum atomic E-state index is 13.9. The van der Waals surface area contributed by atoms with Crippen molar-refractivity contribution in [3.63, 3.8) is 0 Å². The summed E-state index contributed by atoms with van der Waals surface area (Å²) in [7, 11) is 1.49. The number of hydrogen-bond donors (Lipinski definition) is 1. The topological polar surface area (TPSA) is 21.3 Å². The van der Waals surface area contributed by atoms with Gasteiger partial charge in [-0.25, -0.2) is 4.39 Å². The van der Waals surface area contributed by atoms with Crippen LogP contribution >= 0.6 is 0 Å². The van der Waals surface area contributed by atoms with Gasteiger partial charge < -0.3 is 10.1 Å². The molecule has 0 spiro atoms. The maximum Gasteiger partial charge on any atom is 0.169 e. The van der Waals surface area contributed by atoms with Gasteiger partial charge in [-0.1, -0.05) is 44.7 Å². The highest BCUT2D eigenvalue weighted by Gasteiger charge is 2.09. The molecule has 0 radical (unpaired) electrons. The summed E-state index contributed by atoms with van der Waals surface area (Å²) in [6.07, 6.45) is 6.23. The smallest absolute Gasteiger partial charge is 0.169 e. The van der Waals surface area contributed by atoms with Crippen molar-refractivity contribution in [3.05, 3.63) is 29.6 Å². The van der Waals surface area contributed by atoms with Crippen LogP contribution in [0.25, 0.3) is 0 Å². The van der Waals surface area contributed by atoms with Crippen molar-refractivity contribution in [1.82, 2.24) is 5.32 Å². The lowest BCUT2D eigenvalue weighted by Crippen LogP contribution is -2.25. The predicted molar refractivity (Wildman–Crippen MR) is 78.0 cm³/mol. The monoisotopic (exact) mass is 267 g/mol. The summed E-state index contributed by atoms with van der Waals surface area (Å²) in [6, 6.07) is 5.69. The molecule has 0 saturated carbocycles. The zero-order valence-corrected chi connectivity index (χ0v) is 12.3. The molecule has 3 heteroatoms. The van der Waals surface area contributed by atoms with Gasteiger partial charge in [-0.3, -0.25) is 0 Å². The zero-order valence-electron chi connectivity index (χ0n) is 12.3. The van der Waals surface area contributed by atoms with E-state index in [1.807, 2.05) is 6.07 Å². The first kappa shape index (κ1) is 16.0. The second kappa shape index (κ2) is 8.92. The normalized spacial score (nSPS) is 12.4. The van der Waals surface area contributed by atoms with Crippen LogP contribution in [0.15, 0.2) is 18.2 Å². The van der Waals surface area contributed by atoms with Crippen molar-refractivity contribution in [2.75, 3.05) is 7.11 Å². The van der Waals surface area contributed by atoms with Gasteiger partial charge >= 0.3 is 0 Å². The summed E-state index contributed by atoms with van der Waals surface area (Å²) in [4.78, 5) is 0. The summed E-state index contributed by atoms with van der Waals surface area (Å²) in [5, 5.41) is 3.37. The van der Waals surface area contributed by atoms with E-state index in [0.717, 1.165) is 6.42 Å². The first-order valence-corrected chi connectivity index (χ1v) is 7.23. The number of rotatable bonds is 9. The van der Waals surface area contributed by atoms with Gasteiger partial charge in [0.2, 0.25) is 0 Å². The SMILES string of the molecule is CCCCCCC(C)NCc1cccc(OC)c1F. The second-order valence-electron chi connectivity index (χ2n) is 5.06. The van der Waals surface area contributed by atoms with Crippen LogP contribution in [0, 0.1) is 5.82 Å². The Hall–Kier alpha value is -1.09. The van der Waals surface area contributed by atoms with Gasteiger partial charge in [0, 0.05) is 18.2 Å². The standard InChI is InChI=1S/C16H26FNO/c1-4-5-6-7-9-13(2)18-12-14-10-8-11-15(19-3)16(14)17/h8,10-11,13,18H,4-7,9,12H2,1-3H3. The number of ether oxygens (including phenoxy) is 1. The van der Waals surface area contributed by atoms with E-state index in [1.54, 1.807) is 12.1 Å². The fourth-order valence-corrected chi connectivity index (χ4v) is 2.11. The Balaban J connectivity index is 2.35. The van der Waals surface area contributed by atoms with Crippen LogP contribution < -0.4 is 10.1 Å². The number of nitrogens with one attached hydrogen (secondary N) is 1. The second-order valence-corrected chi connectivity index (χ2v) is 5.06. The third-order valence-electron chi connectivity index (χ3n) is 3.39. The molecule has 1 aromatic carbocycles. The summed E-state index contributed by atoms with van der Waals surface area (Å²) < 4.78 is 18.9. The zero-order chi connectivity index (χ0) is 14.1. The van der Waals surface area contributed by atoms with Gasteiger partial charge in [0.15, 0.2) is 11.6 Å². The summed E-state index contributed by atoms with van der Waals surface area (Å²) in [6.45, 7) is 4.93. The lowest BCUT2D eigenvalue weighted by atomic mass is 10.1. The Bertz CT molecular complexity index is 368. The molecule has 0 amide bonds. The molecule has 19 heavy (non-hydrogen) atoms. The molecule has 1 atom stereocenters.